The lowest BCUT2D eigenvalue weighted by Gasteiger charge is -2.22. The number of rotatable bonds is 3. The van der Waals surface area contributed by atoms with Gasteiger partial charge in [0.15, 0.2) is 17.6 Å². The second-order valence-electron chi connectivity index (χ2n) is 4.37. The summed E-state index contributed by atoms with van der Waals surface area (Å²) in [7, 11) is 0. The maximum Gasteiger partial charge on any atom is 0.413 e. The van der Waals surface area contributed by atoms with Crippen molar-refractivity contribution in [3.05, 3.63) is 53.5 Å². The number of carbonyl (C=O) groups excluding carboxylic acids is 1. The number of carbonyl (C=O) groups is 1. The third kappa shape index (κ3) is 3.52. The van der Waals surface area contributed by atoms with E-state index in [-0.39, 0.29) is 0 Å². The second kappa shape index (κ2) is 6.15. The van der Waals surface area contributed by atoms with Crippen LogP contribution < -0.4 is 11.1 Å². The Bertz CT molecular complexity index is 714. The van der Waals surface area contributed by atoms with Crippen molar-refractivity contribution in [1.29, 1.82) is 0 Å². The second-order valence-corrected chi connectivity index (χ2v) is 4.37. The van der Waals surface area contributed by atoms with Gasteiger partial charge in [-0.25, -0.2) is 18.7 Å². The first-order valence-corrected chi connectivity index (χ1v) is 6.09. The monoisotopic (exact) mass is 332 g/mol. The predicted molar refractivity (Wildman–Crippen MR) is 69.1 cm³/mol. The zero-order valence-corrected chi connectivity index (χ0v) is 11.2. The van der Waals surface area contributed by atoms with Crippen molar-refractivity contribution in [2.45, 2.75) is 12.2 Å². The van der Waals surface area contributed by atoms with Gasteiger partial charge in [0.1, 0.15) is 11.6 Å². The molecule has 2 aromatic rings. The molecule has 1 aromatic carbocycles. The lowest BCUT2D eigenvalue weighted by Crippen LogP contribution is -2.39. The first-order valence-electron chi connectivity index (χ1n) is 6.09. The number of hydrogen-bond donors (Lipinski definition) is 2. The van der Waals surface area contributed by atoms with E-state index in [4.69, 9.17) is 5.73 Å². The van der Waals surface area contributed by atoms with E-state index < -0.39 is 46.8 Å². The Kier molecular flexibility index (Phi) is 4.43. The van der Waals surface area contributed by atoms with Gasteiger partial charge in [0.05, 0.1) is 5.56 Å². The molecule has 0 fully saturated rings. The highest BCUT2D eigenvalue weighted by atomic mass is 19.4. The lowest BCUT2D eigenvalue weighted by atomic mass is 10.0. The Morgan fingerprint density at radius 1 is 1.13 bits per heavy atom. The van der Waals surface area contributed by atoms with E-state index in [9.17, 15) is 26.7 Å². The molecule has 0 saturated heterocycles. The van der Waals surface area contributed by atoms with Crippen molar-refractivity contribution in [2.24, 2.45) is 0 Å². The zero-order chi connectivity index (χ0) is 17.2. The van der Waals surface area contributed by atoms with Crippen LogP contribution in [0.15, 0.2) is 30.6 Å². The number of nitrogens with zero attached hydrogens (tertiary/aromatic N) is 2. The smallest absolute Gasteiger partial charge is 0.382 e. The molecule has 0 spiro atoms. The molecule has 1 unspecified atom stereocenters. The van der Waals surface area contributed by atoms with E-state index in [1.54, 1.807) is 0 Å². The normalized spacial score (nSPS) is 12.7. The molecule has 1 atom stereocenters. The predicted octanol–water partition coefficient (Wildman–Crippen LogP) is 2.37. The fraction of sp³-hybridized carbons (Fsp3) is 0.154. The van der Waals surface area contributed by atoms with Crippen molar-refractivity contribution in [2.75, 3.05) is 5.73 Å². The molecule has 122 valence electrons. The number of aromatic nitrogens is 2. The molecular weight excluding hydrogens is 323 g/mol. The molecule has 5 nitrogen and oxygen atoms in total. The minimum Gasteiger partial charge on any atom is -0.382 e. The van der Waals surface area contributed by atoms with Crippen LogP contribution >= 0.6 is 0 Å². The molecule has 10 heteroatoms. The fourth-order valence-corrected chi connectivity index (χ4v) is 1.83. The van der Waals surface area contributed by atoms with Crippen LogP contribution in [-0.2, 0) is 0 Å². The van der Waals surface area contributed by atoms with E-state index in [0.717, 1.165) is 18.5 Å². The first kappa shape index (κ1) is 16.6. The molecule has 0 aliphatic heterocycles. The molecule has 0 saturated carbocycles. The fourth-order valence-electron chi connectivity index (χ4n) is 1.83. The molecule has 0 aliphatic carbocycles. The molecule has 2 rings (SSSR count). The van der Waals surface area contributed by atoms with E-state index in [1.807, 2.05) is 0 Å². The standard InChI is InChI=1S/C13H9F5N4O/c14-6-2-1-3-7(15)8(6)10(13(16,17)18)22-12(23)9-11(19)21-5-4-20-9/h1-5,10H,(H2,19,21)(H,22,23). The molecule has 23 heavy (non-hydrogen) atoms. The van der Waals surface area contributed by atoms with E-state index in [2.05, 4.69) is 9.97 Å². The van der Waals surface area contributed by atoms with Gasteiger partial charge in [0.2, 0.25) is 0 Å². The molecule has 1 heterocycles. The lowest BCUT2D eigenvalue weighted by molar-refractivity contribution is -0.156. The Morgan fingerprint density at radius 3 is 2.22 bits per heavy atom. The average Bonchev–Trinajstić information content (AvgIpc) is 2.45. The van der Waals surface area contributed by atoms with Crippen molar-refractivity contribution in [1.82, 2.24) is 15.3 Å². The number of nitrogens with two attached hydrogens (primary N) is 1. The topological polar surface area (TPSA) is 80.9 Å². The van der Waals surface area contributed by atoms with Crippen LogP contribution in [0.2, 0.25) is 0 Å². The Hall–Kier alpha value is -2.78. The third-order valence-corrected chi connectivity index (χ3v) is 2.83. The van der Waals surface area contributed by atoms with E-state index in [0.29, 0.717) is 12.1 Å². The van der Waals surface area contributed by atoms with Gasteiger partial charge in [-0.05, 0) is 12.1 Å². The number of benzene rings is 1. The molecule has 1 aromatic heterocycles. The van der Waals surface area contributed by atoms with Gasteiger partial charge in [-0.2, -0.15) is 13.2 Å². The van der Waals surface area contributed by atoms with Crippen LogP contribution in [0.1, 0.15) is 22.1 Å². The van der Waals surface area contributed by atoms with Gasteiger partial charge in [0, 0.05) is 12.4 Å². The number of hydrogen-bond acceptors (Lipinski definition) is 4. The molecule has 3 N–H and O–H groups in total. The van der Waals surface area contributed by atoms with Crippen molar-refractivity contribution >= 4 is 11.7 Å². The van der Waals surface area contributed by atoms with Crippen LogP contribution in [0.3, 0.4) is 0 Å². The van der Waals surface area contributed by atoms with Crippen LogP contribution in [0.5, 0.6) is 0 Å². The summed E-state index contributed by atoms with van der Waals surface area (Å²) in [5.74, 6) is -4.67. The molecule has 0 radical (unpaired) electrons. The summed E-state index contributed by atoms with van der Waals surface area (Å²) in [6, 6.07) is -0.693. The number of halogens is 5. The van der Waals surface area contributed by atoms with Crippen LogP contribution in [-0.4, -0.2) is 22.1 Å². The molecule has 0 aliphatic rings. The summed E-state index contributed by atoms with van der Waals surface area (Å²) in [6.45, 7) is 0. The largest absolute Gasteiger partial charge is 0.413 e. The van der Waals surface area contributed by atoms with Crippen molar-refractivity contribution in [3.8, 4) is 0 Å². The van der Waals surface area contributed by atoms with Gasteiger partial charge in [-0.15, -0.1) is 0 Å². The van der Waals surface area contributed by atoms with Crippen LogP contribution in [0.4, 0.5) is 27.8 Å². The zero-order valence-electron chi connectivity index (χ0n) is 11.2. The van der Waals surface area contributed by atoms with Gasteiger partial charge < -0.3 is 11.1 Å². The van der Waals surface area contributed by atoms with E-state index >= 15 is 0 Å². The number of nitrogens with one attached hydrogen (secondary N) is 1. The number of amides is 1. The summed E-state index contributed by atoms with van der Waals surface area (Å²) in [5.41, 5.74) is 3.43. The maximum absolute atomic E-state index is 13.6. The molecular formula is C13H9F5N4O. The van der Waals surface area contributed by atoms with Crippen LogP contribution in [0.25, 0.3) is 0 Å². The number of nitrogen functional groups attached to an aromatic ring is 1. The highest BCUT2D eigenvalue weighted by Crippen LogP contribution is 2.35. The summed E-state index contributed by atoms with van der Waals surface area (Å²) < 4.78 is 66.6. The quantitative estimate of drug-likeness (QED) is 0.846. The van der Waals surface area contributed by atoms with E-state index in [1.165, 1.54) is 5.32 Å². The molecule has 0 bridgehead atoms. The number of anilines is 1. The highest BCUT2D eigenvalue weighted by molar-refractivity contribution is 5.96. The number of alkyl halides is 3. The van der Waals surface area contributed by atoms with Gasteiger partial charge in [-0.3, -0.25) is 4.79 Å². The Labute approximate surface area is 126 Å². The Balaban J connectivity index is 2.42. The van der Waals surface area contributed by atoms with Crippen molar-refractivity contribution < 1.29 is 26.7 Å². The Morgan fingerprint density at radius 2 is 1.70 bits per heavy atom. The third-order valence-electron chi connectivity index (χ3n) is 2.83. The SMILES string of the molecule is Nc1nccnc1C(=O)NC(c1c(F)cccc1F)C(F)(F)F. The molecule has 1 amide bonds. The minimum atomic E-state index is -5.14. The maximum atomic E-state index is 13.6. The highest BCUT2D eigenvalue weighted by Gasteiger charge is 2.45. The van der Waals surface area contributed by atoms with Gasteiger partial charge in [-0.1, -0.05) is 6.07 Å². The average molecular weight is 332 g/mol. The van der Waals surface area contributed by atoms with Crippen LogP contribution in [0, 0.1) is 11.6 Å². The van der Waals surface area contributed by atoms with Gasteiger partial charge in [0.25, 0.3) is 5.91 Å². The van der Waals surface area contributed by atoms with Gasteiger partial charge >= 0.3 is 6.18 Å². The summed E-state index contributed by atoms with van der Waals surface area (Å²) in [5, 5.41) is 1.49. The van der Waals surface area contributed by atoms with Crippen molar-refractivity contribution in [3.63, 3.8) is 0 Å². The summed E-state index contributed by atoms with van der Waals surface area (Å²) >= 11 is 0. The minimum absolute atomic E-state index is 0.417. The first-order chi connectivity index (χ1) is 10.7. The summed E-state index contributed by atoms with van der Waals surface area (Å²) in [6.07, 6.45) is -2.98. The summed E-state index contributed by atoms with van der Waals surface area (Å²) in [4.78, 5) is 18.9.